The van der Waals surface area contributed by atoms with Gasteiger partial charge in [-0.15, -0.1) is 0 Å². The fraction of sp³-hybridized carbons (Fsp3) is 0.455. The molecule has 3 N–H and O–H groups in total. The standard InChI is InChI=1S/C11H17ClN2O2S/c1-9(10-5-2-3-6-11(10)12)14-17(15,16)8-4-7-13/h2-3,5-6,9,14H,4,7-8,13H2,1H3. The molecular formula is C11H17ClN2O2S. The number of rotatable bonds is 6. The van der Waals surface area contributed by atoms with E-state index in [1.807, 2.05) is 12.1 Å². The van der Waals surface area contributed by atoms with Gasteiger partial charge in [0.25, 0.3) is 0 Å². The van der Waals surface area contributed by atoms with Crippen LogP contribution in [0.3, 0.4) is 0 Å². The Morgan fingerprint density at radius 2 is 2.06 bits per heavy atom. The van der Waals surface area contributed by atoms with Crippen LogP contribution in [0.25, 0.3) is 0 Å². The number of nitrogens with two attached hydrogens (primary N) is 1. The third-order valence-electron chi connectivity index (χ3n) is 2.35. The molecule has 0 aromatic heterocycles. The summed E-state index contributed by atoms with van der Waals surface area (Å²) in [4.78, 5) is 0. The average Bonchev–Trinajstić information content (AvgIpc) is 2.26. The van der Waals surface area contributed by atoms with Crippen LogP contribution in [0.2, 0.25) is 5.02 Å². The van der Waals surface area contributed by atoms with Gasteiger partial charge in [0.15, 0.2) is 0 Å². The maximum Gasteiger partial charge on any atom is 0.212 e. The number of sulfonamides is 1. The Kier molecular flexibility index (Phi) is 5.39. The van der Waals surface area contributed by atoms with Crippen molar-refractivity contribution < 1.29 is 8.42 Å². The van der Waals surface area contributed by atoms with E-state index in [0.29, 0.717) is 18.0 Å². The first-order chi connectivity index (χ1) is 7.96. The molecule has 1 aromatic rings. The van der Waals surface area contributed by atoms with Crippen LogP contribution in [0.1, 0.15) is 24.9 Å². The molecule has 1 atom stereocenters. The minimum absolute atomic E-state index is 0.0400. The van der Waals surface area contributed by atoms with Gasteiger partial charge in [-0.1, -0.05) is 29.8 Å². The summed E-state index contributed by atoms with van der Waals surface area (Å²) in [6, 6.07) is 6.83. The Balaban J connectivity index is 2.73. The van der Waals surface area contributed by atoms with Gasteiger partial charge in [0.1, 0.15) is 0 Å². The van der Waals surface area contributed by atoms with Crippen LogP contribution >= 0.6 is 11.6 Å². The number of benzene rings is 1. The molecule has 1 rings (SSSR count). The summed E-state index contributed by atoms with van der Waals surface area (Å²) >= 11 is 6.00. The number of hydrogen-bond donors (Lipinski definition) is 2. The molecule has 0 aliphatic carbocycles. The quantitative estimate of drug-likeness (QED) is 0.830. The highest BCUT2D eigenvalue weighted by atomic mass is 35.5. The van der Waals surface area contributed by atoms with Crippen molar-refractivity contribution in [1.82, 2.24) is 4.72 Å². The zero-order valence-electron chi connectivity index (χ0n) is 9.69. The van der Waals surface area contributed by atoms with E-state index in [1.165, 1.54) is 0 Å². The molecule has 4 nitrogen and oxygen atoms in total. The minimum Gasteiger partial charge on any atom is -0.330 e. The van der Waals surface area contributed by atoms with Crippen LogP contribution in [0.15, 0.2) is 24.3 Å². The Hall–Kier alpha value is -0.620. The van der Waals surface area contributed by atoms with E-state index in [0.717, 1.165) is 5.56 Å². The van der Waals surface area contributed by atoms with Gasteiger partial charge in [-0.2, -0.15) is 0 Å². The molecule has 1 aromatic carbocycles. The first kappa shape index (κ1) is 14.4. The second-order valence-electron chi connectivity index (χ2n) is 3.82. The van der Waals surface area contributed by atoms with E-state index in [4.69, 9.17) is 17.3 Å². The van der Waals surface area contributed by atoms with Crippen molar-refractivity contribution in [3.63, 3.8) is 0 Å². The molecule has 0 fully saturated rings. The molecule has 96 valence electrons. The largest absolute Gasteiger partial charge is 0.330 e. The summed E-state index contributed by atoms with van der Waals surface area (Å²) in [7, 11) is -3.30. The maximum absolute atomic E-state index is 11.7. The lowest BCUT2D eigenvalue weighted by atomic mass is 10.1. The molecule has 0 amide bonds. The van der Waals surface area contributed by atoms with Crippen molar-refractivity contribution >= 4 is 21.6 Å². The van der Waals surface area contributed by atoms with Gasteiger partial charge in [-0.05, 0) is 31.5 Å². The van der Waals surface area contributed by atoms with Crippen molar-refractivity contribution in [2.24, 2.45) is 5.73 Å². The molecule has 0 spiro atoms. The Morgan fingerprint density at radius 1 is 1.41 bits per heavy atom. The first-order valence-corrected chi connectivity index (χ1v) is 7.44. The van der Waals surface area contributed by atoms with Crippen LogP contribution in [0.4, 0.5) is 0 Å². The van der Waals surface area contributed by atoms with Crippen molar-refractivity contribution in [3.8, 4) is 0 Å². The van der Waals surface area contributed by atoms with Gasteiger partial charge < -0.3 is 5.73 Å². The summed E-state index contributed by atoms with van der Waals surface area (Å²) in [5, 5.41) is 0.557. The number of nitrogens with one attached hydrogen (secondary N) is 1. The van der Waals surface area contributed by atoms with Crippen molar-refractivity contribution in [3.05, 3.63) is 34.9 Å². The normalized spacial score (nSPS) is 13.6. The fourth-order valence-electron chi connectivity index (χ4n) is 1.49. The van der Waals surface area contributed by atoms with Gasteiger partial charge >= 0.3 is 0 Å². The zero-order valence-corrected chi connectivity index (χ0v) is 11.3. The summed E-state index contributed by atoms with van der Waals surface area (Å²) in [6.07, 6.45) is 0.449. The van der Waals surface area contributed by atoms with Gasteiger partial charge in [-0.25, -0.2) is 13.1 Å². The maximum atomic E-state index is 11.7. The Bertz CT molecular complexity index is 462. The average molecular weight is 277 g/mol. The molecule has 0 aliphatic heterocycles. The summed E-state index contributed by atoms with van der Waals surface area (Å²) in [5.41, 5.74) is 6.06. The van der Waals surface area contributed by atoms with E-state index in [2.05, 4.69) is 4.72 Å². The van der Waals surface area contributed by atoms with Crippen LogP contribution in [0, 0.1) is 0 Å². The van der Waals surface area contributed by atoms with E-state index >= 15 is 0 Å². The van der Waals surface area contributed by atoms with Crippen LogP contribution in [-0.2, 0) is 10.0 Å². The van der Waals surface area contributed by atoms with Crippen molar-refractivity contribution in [2.45, 2.75) is 19.4 Å². The SMILES string of the molecule is CC(NS(=O)(=O)CCCN)c1ccccc1Cl. The highest BCUT2D eigenvalue weighted by Gasteiger charge is 2.16. The highest BCUT2D eigenvalue weighted by Crippen LogP contribution is 2.22. The van der Waals surface area contributed by atoms with Crippen molar-refractivity contribution in [1.29, 1.82) is 0 Å². The monoisotopic (exact) mass is 276 g/mol. The van der Waals surface area contributed by atoms with Gasteiger partial charge in [-0.3, -0.25) is 0 Å². The summed E-state index contributed by atoms with van der Waals surface area (Å²) < 4.78 is 25.9. The molecule has 0 bridgehead atoms. The molecule has 0 saturated heterocycles. The minimum atomic E-state index is -3.30. The second-order valence-corrected chi connectivity index (χ2v) is 6.10. The molecule has 0 aliphatic rings. The Morgan fingerprint density at radius 3 is 2.65 bits per heavy atom. The van der Waals surface area contributed by atoms with E-state index in [1.54, 1.807) is 19.1 Å². The van der Waals surface area contributed by atoms with E-state index in [9.17, 15) is 8.42 Å². The zero-order chi connectivity index (χ0) is 12.9. The molecule has 6 heteroatoms. The van der Waals surface area contributed by atoms with Gasteiger partial charge in [0, 0.05) is 11.1 Å². The molecular weight excluding hydrogens is 260 g/mol. The van der Waals surface area contributed by atoms with Crippen molar-refractivity contribution in [2.75, 3.05) is 12.3 Å². The lowest BCUT2D eigenvalue weighted by molar-refractivity contribution is 0.564. The first-order valence-electron chi connectivity index (χ1n) is 5.41. The van der Waals surface area contributed by atoms with Crippen LogP contribution < -0.4 is 10.5 Å². The smallest absolute Gasteiger partial charge is 0.212 e. The molecule has 1 unspecified atom stereocenters. The van der Waals surface area contributed by atoms with Crippen LogP contribution in [-0.4, -0.2) is 20.7 Å². The summed E-state index contributed by atoms with van der Waals surface area (Å²) in [6.45, 7) is 2.13. The lowest BCUT2D eigenvalue weighted by Crippen LogP contribution is -2.30. The second kappa shape index (κ2) is 6.35. The molecule has 0 saturated carbocycles. The molecule has 17 heavy (non-hydrogen) atoms. The predicted octanol–water partition coefficient (Wildman–Crippen LogP) is 1.67. The van der Waals surface area contributed by atoms with Gasteiger partial charge in [0.2, 0.25) is 10.0 Å². The fourth-order valence-corrected chi connectivity index (χ4v) is 3.12. The predicted molar refractivity (Wildman–Crippen MR) is 70.5 cm³/mol. The summed E-state index contributed by atoms with van der Waals surface area (Å²) in [5.74, 6) is 0.0400. The highest BCUT2D eigenvalue weighted by molar-refractivity contribution is 7.89. The Labute approximate surface area is 107 Å². The lowest BCUT2D eigenvalue weighted by Gasteiger charge is -2.15. The van der Waals surface area contributed by atoms with E-state index in [-0.39, 0.29) is 11.8 Å². The van der Waals surface area contributed by atoms with Crippen LogP contribution in [0.5, 0.6) is 0 Å². The third-order valence-corrected chi connectivity index (χ3v) is 4.23. The number of halogens is 1. The number of hydrogen-bond acceptors (Lipinski definition) is 3. The van der Waals surface area contributed by atoms with E-state index < -0.39 is 10.0 Å². The third kappa shape index (κ3) is 4.63. The topological polar surface area (TPSA) is 72.2 Å². The molecule has 0 heterocycles. The van der Waals surface area contributed by atoms with Gasteiger partial charge in [0.05, 0.1) is 5.75 Å². The molecule has 0 radical (unpaired) electrons.